The number of nitrogens with zero attached hydrogens (tertiary/aromatic N) is 5. The lowest BCUT2D eigenvalue weighted by atomic mass is 10.1. The van der Waals surface area contributed by atoms with Gasteiger partial charge >= 0.3 is 0 Å². The normalized spacial score (nSPS) is 15.0. The van der Waals surface area contributed by atoms with E-state index in [0.29, 0.717) is 35.1 Å². The summed E-state index contributed by atoms with van der Waals surface area (Å²) in [5.41, 5.74) is 8.21. The third kappa shape index (κ3) is 3.00. The predicted molar refractivity (Wildman–Crippen MR) is 106 cm³/mol. The van der Waals surface area contributed by atoms with Crippen molar-refractivity contribution in [3.05, 3.63) is 38.2 Å². The molecule has 27 heavy (non-hydrogen) atoms. The average molecular weight is 404 g/mol. The van der Waals surface area contributed by atoms with Gasteiger partial charge in [0.25, 0.3) is 5.69 Å². The highest BCUT2D eigenvalue weighted by Crippen LogP contribution is 2.47. The van der Waals surface area contributed by atoms with E-state index in [1.54, 1.807) is 18.3 Å². The first-order valence-corrected chi connectivity index (χ1v) is 9.76. The Balaban J connectivity index is 1.52. The smallest absolute Gasteiger partial charge is 0.268 e. The van der Waals surface area contributed by atoms with E-state index in [0.717, 1.165) is 23.5 Å². The van der Waals surface area contributed by atoms with Gasteiger partial charge in [0.05, 0.1) is 29.6 Å². The summed E-state index contributed by atoms with van der Waals surface area (Å²) in [7, 11) is 0. The molecule has 3 aromatic rings. The van der Waals surface area contributed by atoms with E-state index in [2.05, 4.69) is 25.2 Å². The summed E-state index contributed by atoms with van der Waals surface area (Å²) in [5, 5.41) is 20.4. The predicted octanol–water partition coefficient (Wildman–Crippen LogP) is 2.96. The van der Waals surface area contributed by atoms with Crippen LogP contribution in [0.15, 0.2) is 5.38 Å². The molecule has 0 radical (unpaired) electrons. The molecule has 0 amide bonds. The molecule has 3 heterocycles. The summed E-state index contributed by atoms with van der Waals surface area (Å²) in [6.07, 6.45) is 2.67. The van der Waals surface area contributed by atoms with Crippen LogP contribution in [0.1, 0.15) is 29.2 Å². The monoisotopic (exact) mass is 403 g/mol. The van der Waals surface area contributed by atoms with Crippen molar-refractivity contribution >= 4 is 45.9 Å². The van der Waals surface area contributed by atoms with Crippen molar-refractivity contribution in [1.29, 1.82) is 0 Å². The minimum absolute atomic E-state index is 0.114. The van der Waals surface area contributed by atoms with Gasteiger partial charge in [0.15, 0.2) is 5.65 Å². The van der Waals surface area contributed by atoms with Gasteiger partial charge in [-0.3, -0.25) is 0 Å². The minimum atomic E-state index is -0.114. The number of nitrogen functional groups attached to an aromatic ring is 1. The zero-order valence-corrected chi connectivity index (χ0v) is 16.2. The zero-order chi connectivity index (χ0) is 19.2. The van der Waals surface area contributed by atoms with Gasteiger partial charge in [-0.15, -0.1) is 11.3 Å². The SMILES string of the molecule is [C-]#[N+]c1c(NCCc2nc(C3(CO)CC3)cs2)nc2c(Cl)c(C)nn2c1N. The molecular weight excluding hydrogens is 386 g/mol. The Morgan fingerprint density at radius 3 is 2.93 bits per heavy atom. The number of halogens is 1. The Kier molecular flexibility index (Phi) is 4.42. The van der Waals surface area contributed by atoms with E-state index in [9.17, 15) is 5.11 Å². The number of fused-ring (bicyclic) bond motifs is 1. The second-order valence-corrected chi connectivity index (χ2v) is 8.00. The molecule has 0 aliphatic heterocycles. The lowest BCUT2D eigenvalue weighted by Crippen LogP contribution is -2.13. The molecule has 1 aliphatic rings. The van der Waals surface area contributed by atoms with Gasteiger partial charge in [-0.2, -0.15) is 5.10 Å². The van der Waals surface area contributed by atoms with Crippen molar-refractivity contribution in [1.82, 2.24) is 19.6 Å². The number of hydrogen-bond acceptors (Lipinski definition) is 7. The molecule has 1 fully saturated rings. The van der Waals surface area contributed by atoms with E-state index in [4.69, 9.17) is 23.9 Å². The number of rotatable bonds is 6. The summed E-state index contributed by atoms with van der Waals surface area (Å²) in [4.78, 5) is 12.6. The summed E-state index contributed by atoms with van der Waals surface area (Å²) in [6, 6.07) is 0. The summed E-state index contributed by atoms with van der Waals surface area (Å²) >= 11 is 7.83. The fraction of sp³-hybridized carbons (Fsp3) is 0.412. The molecule has 1 saturated carbocycles. The molecule has 3 aromatic heterocycles. The van der Waals surface area contributed by atoms with Crippen molar-refractivity contribution < 1.29 is 5.11 Å². The van der Waals surface area contributed by atoms with E-state index in [-0.39, 0.29) is 23.5 Å². The molecule has 4 rings (SSSR count). The van der Waals surface area contributed by atoms with Gasteiger partial charge in [0, 0.05) is 23.8 Å². The third-order valence-corrected chi connectivity index (χ3v) is 6.22. The maximum Gasteiger partial charge on any atom is 0.268 e. The summed E-state index contributed by atoms with van der Waals surface area (Å²) in [6.45, 7) is 9.88. The first-order chi connectivity index (χ1) is 13.0. The number of aliphatic hydroxyl groups is 1. The highest BCUT2D eigenvalue weighted by Gasteiger charge is 2.45. The highest BCUT2D eigenvalue weighted by molar-refractivity contribution is 7.09. The molecule has 0 saturated heterocycles. The van der Waals surface area contributed by atoms with Crippen LogP contribution in [-0.4, -0.2) is 37.8 Å². The van der Waals surface area contributed by atoms with Crippen molar-refractivity contribution in [2.45, 2.75) is 31.6 Å². The molecular formula is C17H18ClN7OS. The fourth-order valence-electron chi connectivity index (χ4n) is 2.98. The number of hydrogen-bond donors (Lipinski definition) is 3. The number of nitrogens with two attached hydrogens (primary N) is 1. The molecule has 0 bridgehead atoms. The van der Waals surface area contributed by atoms with E-state index < -0.39 is 0 Å². The second-order valence-electron chi connectivity index (χ2n) is 6.68. The zero-order valence-electron chi connectivity index (χ0n) is 14.7. The van der Waals surface area contributed by atoms with Crippen molar-refractivity contribution in [3.63, 3.8) is 0 Å². The minimum Gasteiger partial charge on any atom is -0.395 e. The number of thiazole rings is 1. The van der Waals surface area contributed by atoms with E-state index in [1.807, 2.05) is 5.38 Å². The van der Waals surface area contributed by atoms with Gasteiger partial charge in [0.1, 0.15) is 16.7 Å². The van der Waals surface area contributed by atoms with Crippen LogP contribution in [0.2, 0.25) is 5.02 Å². The third-order valence-electron chi connectivity index (χ3n) is 4.87. The molecule has 0 atom stereocenters. The Morgan fingerprint density at radius 2 is 2.26 bits per heavy atom. The van der Waals surface area contributed by atoms with Crippen molar-refractivity contribution in [2.75, 3.05) is 24.2 Å². The van der Waals surface area contributed by atoms with Crippen LogP contribution >= 0.6 is 22.9 Å². The quantitative estimate of drug-likeness (QED) is 0.546. The first kappa shape index (κ1) is 18.0. The number of aromatic nitrogens is 4. The fourth-order valence-corrected chi connectivity index (χ4v) is 4.06. The Bertz CT molecular complexity index is 1060. The largest absolute Gasteiger partial charge is 0.395 e. The molecule has 4 N–H and O–H groups in total. The van der Waals surface area contributed by atoms with Crippen molar-refractivity contribution in [2.24, 2.45) is 0 Å². The van der Waals surface area contributed by atoms with Gasteiger partial charge in [0.2, 0.25) is 0 Å². The molecule has 140 valence electrons. The lowest BCUT2D eigenvalue weighted by Gasteiger charge is -2.10. The maximum absolute atomic E-state index is 9.52. The topological polar surface area (TPSA) is 106 Å². The van der Waals surface area contributed by atoms with Gasteiger partial charge in [-0.25, -0.2) is 19.3 Å². The van der Waals surface area contributed by atoms with Gasteiger partial charge in [-0.1, -0.05) is 11.6 Å². The van der Waals surface area contributed by atoms with Crippen LogP contribution in [0.25, 0.3) is 10.5 Å². The number of anilines is 2. The van der Waals surface area contributed by atoms with Crippen molar-refractivity contribution in [3.8, 4) is 0 Å². The van der Waals surface area contributed by atoms with E-state index >= 15 is 0 Å². The van der Waals surface area contributed by atoms with Crippen LogP contribution in [0, 0.1) is 13.5 Å². The molecule has 0 aromatic carbocycles. The number of aliphatic hydroxyl groups excluding tert-OH is 1. The second kappa shape index (κ2) is 6.64. The van der Waals surface area contributed by atoms with Crippen LogP contribution in [0.4, 0.5) is 17.3 Å². The Labute approximate surface area is 164 Å². The maximum atomic E-state index is 9.52. The standard InChI is InChI=1S/C17H18ClN7OS/c1-9-12(18)16-23-15(13(20-2)14(19)25(16)24-9)21-6-3-11-22-10(7-27-11)17(8-26)4-5-17/h7,26H,3-6,8,19H2,1H3,(H,21,23). The average Bonchev–Trinajstić information content (AvgIpc) is 3.23. The Hall–Kier alpha value is -2.41. The first-order valence-electron chi connectivity index (χ1n) is 8.50. The van der Waals surface area contributed by atoms with Crippen LogP contribution < -0.4 is 11.1 Å². The Morgan fingerprint density at radius 1 is 1.48 bits per heavy atom. The molecule has 0 unspecified atom stereocenters. The summed E-state index contributed by atoms with van der Waals surface area (Å²) in [5.74, 6) is 0.602. The van der Waals surface area contributed by atoms with E-state index in [1.165, 1.54) is 4.52 Å². The molecule has 8 nitrogen and oxygen atoms in total. The van der Waals surface area contributed by atoms with Gasteiger partial charge < -0.3 is 16.2 Å². The van der Waals surface area contributed by atoms with Crippen LogP contribution in [0.5, 0.6) is 0 Å². The highest BCUT2D eigenvalue weighted by atomic mass is 35.5. The molecule has 1 aliphatic carbocycles. The number of aryl methyl sites for hydroxylation is 1. The molecule has 10 heteroatoms. The summed E-state index contributed by atoms with van der Waals surface area (Å²) < 4.78 is 1.40. The number of nitrogens with one attached hydrogen (secondary N) is 1. The lowest BCUT2D eigenvalue weighted by molar-refractivity contribution is 0.253. The van der Waals surface area contributed by atoms with Crippen LogP contribution in [0.3, 0.4) is 0 Å². The molecule has 0 spiro atoms. The van der Waals surface area contributed by atoms with Gasteiger partial charge in [-0.05, 0) is 19.8 Å². The van der Waals surface area contributed by atoms with Crippen LogP contribution in [-0.2, 0) is 11.8 Å².